The van der Waals surface area contributed by atoms with Crippen molar-refractivity contribution in [3.63, 3.8) is 0 Å². The first-order chi connectivity index (χ1) is 8.16. The summed E-state index contributed by atoms with van der Waals surface area (Å²) in [5.74, 6) is 1.26. The van der Waals surface area contributed by atoms with Crippen molar-refractivity contribution in [1.82, 2.24) is 4.98 Å². The van der Waals surface area contributed by atoms with Crippen molar-refractivity contribution in [3.05, 3.63) is 53.3 Å². The van der Waals surface area contributed by atoms with Gasteiger partial charge in [0.1, 0.15) is 11.5 Å². The number of aromatic nitrogens is 1. The van der Waals surface area contributed by atoms with Gasteiger partial charge in [-0.2, -0.15) is 0 Å². The molecule has 0 aliphatic carbocycles. The number of rotatable bonds is 3. The number of halogens is 1. The van der Waals surface area contributed by atoms with Crippen molar-refractivity contribution in [1.29, 1.82) is 0 Å². The van der Waals surface area contributed by atoms with E-state index in [2.05, 4.69) is 4.98 Å². The predicted octanol–water partition coefficient (Wildman–Crippen LogP) is 3.55. The minimum absolute atomic E-state index is 0.0793. The van der Waals surface area contributed by atoms with Gasteiger partial charge in [0.2, 0.25) is 0 Å². The average molecular weight is 249 g/mol. The minimum atomic E-state index is -0.0793. The lowest BCUT2D eigenvalue weighted by Gasteiger charge is -2.08. The van der Waals surface area contributed by atoms with Crippen LogP contribution in [0.5, 0.6) is 11.5 Å². The average Bonchev–Trinajstić information content (AvgIpc) is 2.33. The van der Waals surface area contributed by atoms with E-state index in [1.807, 2.05) is 37.3 Å². The second-order valence-corrected chi connectivity index (χ2v) is 4.15. The largest absolute Gasteiger partial charge is 0.454 e. The van der Waals surface area contributed by atoms with Crippen LogP contribution in [0.2, 0.25) is 5.02 Å². The number of para-hydroxylation sites is 1. The molecule has 3 nitrogen and oxygen atoms in total. The zero-order valence-corrected chi connectivity index (χ0v) is 10.2. The molecule has 1 atom stereocenters. The summed E-state index contributed by atoms with van der Waals surface area (Å²) < 4.78 is 5.61. The van der Waals surface area contributed by atoms with E-state index < -0.39 is 0 Å². The molecule has 4 heteroatoms. The van der Waals surface area contributed by atoms with Crippen LogP contribution in [0.15, 0.2) is 42.6 Å². The lowest BCUT2D eigenvalue weighted by molar-refractivity contribution is 0.479. The van der Waals surface area contributed by atoms with Gasteiger partial charge in [0.05, 0.1) is 16.9 Å². The Bertz CT molecular complexity index is 497. The molecule has 0 saturated heterocycles. The van der Waals surface area contributed by atoms with Crippen LogP contribution < -0.4 is 10.5 Å². The van der Waals surface area contributed by atoms with Gasteiger partial charge in [0.25, 0.3) is 0 Å². The Hall–Kier alpha value is -1.58. The highest BCUT2D eigenvalue weighted by Crippen LogP contribution is 2.28. The number of nitrogens with two attached hydrogens (primary N) is 1. The third kappa shape index (κ3) is 2.96. The Morgan fingerprint density at radius 1 is 1.24 bits per heavy atom. The fraction of sp³-hybridized carbons (Fsp3) is 0.154. The lowest BCUT2D eigenvalue weighted by Crippen LogP contribution is -2.06. The molecule has 2 rings (SSSR count). The Balaban J connectivity index is 2.17. The van der Waals surface area contributed by atoms with Crippen molar-refractivity contribution < 1.29 is 4.74 Å². The Kier molecular flexibility index (Phi) is 3.61. The number of ether oxygens (including phenoxy) is 1. The second kappa shape index (κ2) is 5.17. The van der Waals surface area contributed by atoms with Crippen LogP contribution in [0.1, 0.15) is 18.7 Å². The molecule has 0 amide bonds. The van der Waals surface area contributed by atoms with Crippen LogP contribution in [-0.4, -0.2) is 4.98 Å². The molecular weight excluding hydrogens is 236 g/mol. The Morgan fingerprint density at radius 3 is 2.59 bits per heavy atom. The maximum atomic E-state index is 5.99. The Morgan fingerprint density at radius 2 is 2.00 bits per heavy atom. The molecule has 2 N–H and O–H groups in total. The van der Waals surface area contributed by atoms with E-state index >= 15 is 0 Å². The summed E-state index contributed by atoms with van der Waals surface area (Å²) in [4.78, 5) is 4.21. The topological polar surface area (TPSA) is 48.1 Å². The molecular formula is C13H13ClN2O. The summed E-state index contributed by atoms with van der Waals surface area (Å²) in [5.41, 5.74) is 6.55. The van der Waals surface area contributed by atoms with Crippen LogP contribution in [0, 0.1) is 0 Å². The highest BCUT2D eigenvalue weighted by Gasteiger charge is 2.04. The molecule has 0 fully saturated rings. The van der Waals surface area contributed by atoms with Gasteiger partial charge >= 0.3 is 0 Å². The summed E-state index contributed by atoms with van der Waals surface area (Å²) in [6.45, 7) is 1.89. The minimum Gasteiger partial charge on any atom is -0.454 e. The number of nitrogens with zero attached hydrogens (tertiary/aromatic N) is 1. The summed E-state index contributed by atoms with van der Waals surface area (Å²) >= 11 is 5.99. The van der Waals surface area contributed by atoms with Crippen LogP contribution >= 0.6 is 11.6 Å². The van der Waals surface area contributed by atoms with E-state index in [1.54, 1.807) is 12.3 Å². The monoisotopic (exact) mass is 248 g/mol. The number of hydrogen-bond acceptors (Lipinski definition) is 3. The molecule has 1 aromatic carbocycles. The Labute approximate surface area is 105 Å². The molecule has 0 aliphatic rings. The zero-order chi connectivity index (χ0) is 12.3. The first-order valence-electron chi connectivity index (χ1n) is 5.31. The molecule has 0 saturated carbocycles. The van der Waals surface area contributed by atoms with Gasteiger partial charge in [0, 0.05) is 6.04 Å². The normalized spacial score (nSPS) is 12.2. The molecule has 0 radical (unpaired) electrons. The van der Waals surface area contributed by atoms with E-state index in [4.69, 9.17) is 22.1 Å². The van der Waals surface area contributed by atoms with Gasteiger partial charge in [-0.3, -0.25) is 4.98 Å². The first kappa shape index (κ1) is 11.9. The van der Waals surface area contributed by atoms with Crippen molar-refractivity contribution in [2.24, 2.45) is 5.73 Å². The van der Waals surface area contributed by atoms with Crippen molar-refractivity contribution in [2.45, 2.75) is 13.0 Å². The number of benzene rings is 1. The molecule has 0 aliphatic heterocycles. The maximum absolute atomic E-state index is 5.99. The lowest BCUT2D eigenvalue weighted by atomic mass is 10.2. The van der Waals surface area contributed by atoms with Gasteiger partial charge in [-0.1, -0.05) is 23.7 Å². The molecule has 1 heterocycles. The van der Waals surface area contributed by atoms with E-state index in [1.165, 1.54) is 0 Å². The van der Waals surface area contributed by atoms with E-state index in [-0.39, 0.29) is 6.04 Å². The van der Waals surface area contributed by atoms with Crippen LogP contribution in [0.3, 0.4) is 0 Å². The van der Waals surface area contributed by atoms with Crippen LogP contribution in [-0.2, 0) is 0 Å². The quantitative estimate of drug-likeness (QED) is 0.904. The first-order valence-corrected chi connectivity index (χ1v) is 5.68. The van der Waals surface area contributed by atoms with Crippen molar-refractivity contribution >= 4 is 11.6 Å². The van der Waals surface area contributed by atoms with Gasteiger partial charge < -0.3 is 10.5 Å². The van der Waals surface area contributed by atoms with Gasteiger partial charge in [-0.15, -0.1) is 0 Å². The van der Waals surface area contributed by atoms with Crippen LogP contribution in [0.4, 0.5) is 0 Å². The van der Waals surface area contributed by atoms with Crippen molar-refractivity contribution in [3.8, 4) is 11.5 Å². The number of hydrogen-bond donors (Lipinski definition) is 1. The summed E-state index contributed by atoms with van der Waals surface area (Å²) in [6, 6.07) is 10.9. The van der Waals surface area contributed by atoms with E-state index in [0.717, 1.165) is 5.69 Å². The zero-order valence-electron chi connectivity index (χ0n) is 9.43. The smallest absolute Gasteiger partial charge is 0.146 e. The van der Waals surface area contributed by atoms with Gasteiger partial charge in [-0.25, -0.2) is 0 Å². The highest BCUT2D eigenvalue weighted by atomic mass is 35.5. The maximum Gasteiger partial charge on any atom is 0.146 e. The molecule has 0 unspecified atom stereocenters. The molecule has 17 heavy (non-hydrogen) atoms. The van der Waals surface area contributed by atoms with E-state index in [0.29, 0.717) is 16.5 Å². The fourth-order valence-electron chi connectivity index (χ4n) is 1.38. The summed E-state index contributed by atoms with van der Waals surface area (Å²) in [7, 11) is 0. The molecule has 2 aromatic rings. The highest BCUT2D eigenvalue weighted by molar-refractivity contribution is 6.32. The van der Waals surface area contributed by atoms with Gasteiger partial charge in [0.15, 0.2) is 0 Å². The number of pyridine rings is 1. The van der Waals surface area contributed by atoms with E-state index in [9.17, 15) is 0 Å². The fourth-order valence-corrected chi connectivity index (χ4v) is 1.55. The third-order valence-electron chi connectivity index (χ3n) is 2.29. The molecule has 0 bridgehead atoms. The second-order valence-electron chi connectivity index (χ2n) is 3.74. The summed E-state index contributed by atoms with van der Waals surface area (Å²) in [5, 5.41) is 0.573. The van der Waals surface area contributed by atoms with Crippen molar-refractivity contribution in [2.75, 3.05) is 0 Å². The molecule has 0 spiro atoms. The van der Waals surface area contributed by atoms with Gasteiger partial charge in [-0.05, 0) is 31.2 Å². The third-order valence-corrected chi connectivity index (χ3v) is 2.60. The predicted molar refractivity (Wildman–Crippen MR) is 68.4 cm³/mol. The standard InChI is InChI=1S/C13H13ClN2O/c1-9(15)12-7-6-10(8-16-12)17-13-5-3-2-4-11(13)14/h2-9H,15H2,1H3/t9-/m0/s1. The molecule has 1 aromatic heterocycles. The van der Waals surface area contributed by atoms with Crippen LogP contribution in [0.25, 0.3) is 0 Å². The SMILES string of the molecule is C[C@H](N)c1ccc(Oc2ccccc2Cl)cn1. The summed E-state index contributed by atoms with van der Waals surface area (Å²) in [6.07, 6.45) is 1.64. The molecule has 88 valence electrons.